The van der Waals surface area contributed by atoms with Gasteiger partial charge in [0.1, 0.15) is 5.54 Å². The Hall–Kier alpha value is -3.19. The van der Waals surface area contributed by atoms with E-state index in [2.05, 4.69) is 10.7 Å². The second-order valence-electron chi connectivity index (χ2n) is 7.25. The van der Waals surface area contributed by atoms with Crippen LogP contribution < -0.4 is 10.7 Å². The lowest BCUT2D eigenvalue weighted by molar-refractivity contribution is -0.139. The van der Waals surface area contributed by atoms with Crippen molar-refractivity contribution in [2.75, 3.05) is 13.6 Å². The van der Waals surface area contributed by atoms with E-state index in [9.17, 15) is 14.4 Å². The van der Waals surface area contributed by atoms with E-state index in [0.29, 0.717) is 12.1 Å². The maximum Gasteiger partial charge on any atom is 0.344 e. The summed E-state index contributed by atoms with van der Waals surface area (Å²) in [5.74, 6) is -0.950. The average molecular weight is 380 g/mol. The zero-order valence-corrected chi connectivity index (χ0v) is 16.2. The van der Waals surface area contributed by atoms with E-state index in [1.165, 1.54) is 5.56 Å². The maximum atomic E-state index is 12.8. The predicted octanol–water partition coefficient (Wildman–Crippen LogP) is 1.93. The number of urea groups is 1. The molecule has 1 heterocycles. The number of benzene rings is 2. The Morgan fingerprint density at radius 3 is 2.39 bits per heavy atom. The smallest absolute Gasteiger partial charge is 0.318 e. The number of aryl methyl sites for hydroxylation is 1. The fourth-order valence-electron chi connectivity index (χ4n) is 3.17. The standard InChI is InChI=1S/C21H24N4O3/c1-15-9-11-16(12-10-15)13-24(3)14-18(26)23-25-19(27)21(2,22-20(25)28)17-7-5-4-6-8-17/h4-12H,13-14H2,1-3H3,(H,22,28)(H,23,26)/t21-/m1/s1. The van der Waals surface area contributed by atoms with Gasteiger partial charge >= 0.3 is 6.03 Å². The van der Waals surface area contributed by atoms with Crippen LogP contribution in [0.15, 0.2) is 54.6 Å². The molecule has 0 bridgehead atoms. The lowest BCUT2D eigenvalue weighted by Crippen LogP contribution is -2.50. The monoisotopic (exact) mass is 380 g/mol. The highest BCUT2D eigenvalue weighted by Gasteiger charge is 2.49. The molecule has 2 N–H and O–H groups in total. The van der Waals surface area contributed by atoms with Crippen molar-refractivity contribution < 1.29 is 14.4 Å². The molecule has 3 rings (SSSR count). The van der Waals surface area contributed by atoms with Gasteiger partial charge in [-0.2, -0.15) is 5.01 Å². The van der Waals surface area contributed by atoms with Crippen molar-refractivity contribution in [1.82, 2.24) is 20.7 Å². The molecular formula is C21H24N4O3. The third-order valence-electron chi connectivity index (χ3n) is 4.77. The van der Waals surface area contributed by atoms with Crippen LogP contribution in [0.5, 0.6) is 0 Å². The first-order valence-corrected chi connectivity index (χ1v) is 9.05. The number of hydrogen-bond acceptors (Lipinski definition) is 4. The number of carbonyl (C=O) groups excluding carboxylic acids is 3. The van der Waals surface area contributed by atoms with Crippen molar-refractivity contribution in [3.8, 4) is 0 Å². The number of likely N-dealkylation sites (N-methyl/N-ethyl adjacent to an activating group) is 1. The van der Waals surface area contributed by atoms with Gasteiger partial charge in [0, 0.05) is 6.54 Å². The molecule has 146 valence electrons. The van der Waals surface area contributed by atoms with E-state index in [0.717, 1.165) is 10.6 Å². The predicted molar refractivity (Wildman–Crippen MR) is 105 cm³/mol. The first-order valence-electron chi connectivity index (χ1n) is 9.05. The third kappa shape index (κ3) is 4.04. The second kappa shape index (κ2) is 7.82. The van der Waals surface area contributed by atoms with E-state index in [1.54, 1.807) is 38.2 Å². The van der Waals surface area contributed by atoms with Crippen LogP contribution in [-0.2, 0) is 21.7 Å². The van der Waals surface area contributed by atoms with Gasteiger partial charge in [-0.3, -0.25) is 19.9 Å². The number of nitrogens with one attached hydrogen (secondary N) is 2. The van der Waals surface area contributed by atoms with Crippen LogP contribution in [0.1, 0.15) is 23.6 Å². The molecule has 4 amide bonds. The number of imide groups is 1. The molecule has 7 nitrogen and oxygen atoms in total. The van der Waals surface area contributed by atoms with E-state index < -0.39 is 23.4 Å². The topological polar surface area (TPSA) is 81.8 Å². The molecule has 1 saturated heterocycles. The lowest BCUT2D eigenvalue weighted by atomic mass is 9.92. The molecule has 0 aliphatic carbocycles. The number of amides is 4. The summed E-state index contributed by atoms with van der Waals surface area (Å²) < 4.78 is 0. The molecule has 0 spiro atoms. The van der Waals surface area contributed by atoms with Crippen LogP contribution in [0.4, 0.5) is 4.79 Å². The van der Waals surface area contributed by atoms with Gasteiger partial charge in [0.2, 0.25) is 0 Å². The number of hydrazine groups is 1. The molecule has 2 aromatic carbocycles. The zero-order chi connectivity index (χ0) is 20.3. The van der Waals surface area contributed by atoms with E-state index in [1.807, 2.05) is 42.2 Å². The van der Waals surface area contributed by atoms with Crippen LogP contribution >= 0.6 is 0 Å². The zero-order valence-electron chi connectivity index (χ0n) is 16.2. The molecular weight excluding hydrogens is 356 g/mol. The van der Waals surface area contributed by atoms with Gasteiger partial charge in [-0.1, -0.05) is 60.2 Å². The van der Waals surface area contributed by atoms with Crippen molar-refractivity contribution in [1.29, 1.82) is 0 Å². The summed E-state index contributed by atoms with van der Waals surface area (Å²) in [5, 5.41) is 3.42. The Morgan fingerprint density at radius 1 is 1.11 bits per heavy atom. The largest absolute Gasteiger partial charge is 0.344 e. The van der Waals surface area contributed by atoms with Crippen LogP contribution in [-0.4, -0.2) is 41.3 Å². The van der Waals surface area contributed by atoms with E-state index in [-0.39, 0.29) is 6.54 Å². The number of rotatable bonds is 6. The quantitative estimate of drug-likeness (QED) is 0.751. The van der Waals surface area contributed by atoms with Gasteiger partial charge in [-0.15, -0.1) is 0 Å². The SMILES string of the molecule is Cc1ccc(CN(C)CC(=O)NN2C(=O)N[C@](C)(c3ccccc3)C2=O)cc1. The van der Waals surface area contributed by atoms with Gasteiger partial charge in [0.15, 0.2) is 0 Å². The second-order valence-corrected chi connectivity index (χ2v) is 7.25. The van der Waals surface area contributed by atoms with Crippen LogP contribution in [0.2, 0.25) is 0 Å². The molecule has 2 aromatic rings. The first-order chi connectivity index (χ1) is 13.3. The van der Waals surface area contributed by atoms with Crippen molar-refractivity contribution in [2.45, 2.75) is 25.9 Å². The highest BCUT2D eigenvalue weighted by molar-refractivity contribution is 6.08. The lowest BCUT2D eigenvalue weighted by Gasteiger charge is -2.22. The average Bonchev–Trinajstić information content (AvgIpc) is 2.88. The summed E-state index contributed by atoms with van der Waals surface area (Å²) in [6.45, 7) is 4.27. The van der Waals surface area contributed by atoms with Gasteiger partial charge < -0.3 is 5.32 Å². The molecule has 0 aromatic heterocycles. The molecule has 1 fully saturated rings. The molecule has 1 atom stereocenters. The Kier molecular flexibility index (Phi) is 5.46. The molecule has 7 heteroatoms. The highest BCUT2D eigenvalue weighted by Crippen LogP contribution is 2.27. The minimum atomic E-state index is -1.21. The number of nitrogens with zero attached hydrogens (tertiary/aromatic N) is 2. The highest BCUT2D eigenvalue weighted by atomic mass is 16.2. The molecule has 1 aliphatic heterocycles. The Labute approximate surface area is 164 Å². The van der Waals surface area contributed by atoms with Gasteiger partial charge in [0.25, 0.3) is 11.8 Å². The Bertz CT molecular complexity index is 882. The van der Waals surface area contributed by atoms with Crippen molar-refractivity contribution in [3.63, 3.8) is 0 Å². The Morgan fingerprint density at radius 2 is 1.75 bits per heavy atom. The van der Waals surface area contributed by atoms with Crippen molar-refractivity contribution in [2.24, 2.45) is 0 Å². The fourth-order valence-corrected chi connectivity index (χ4v) is 3.17. The number of hydrogen-bond donors (Lipinski definition) is 2. The van der Waals surface area contributed by atoms with Crippen LogP contribution in [0.3, 0.4) is 0 Å². The fraction of sp³-hybridized carbons (Fsp3) is 0.286. The Balaban J connectivity index is 1.61. The van der Waals surface area contributed by atoms with Gasteiger partial charge in [-0.05, 0) is 32.0 Å². The first kappa shape index (κ1) is 19.6. The third-order valence-corrected chi connectivity index (χ3v) is 4.77. The van der Waals surface area contributed by atoms with E-state index >= 15 is 0 Å². The normalized spacial score (nSPS) is 19.1. The summed E-state index contributed by atoms with van der Waals surface area (Å²) in [6, 6.07) is 16.3. The molecule has 1 aliphatic rings. The number of carbonyl (C=O) groups is 3. The van der Waals surface area contributed by atoms with Gasteiger partial charge in [0.05, 0.1) is 6.54 Å². The molecule has 0 saturated carbocycles. The summed E-state index contributed by atoms with van der Waals surface area (Å²) >= 11 is 0. The van der Waals surface area contributed by atoms with Crippen LogP contribution in [0, 0.1) is 6.92 Å². The summed E-state index contributed by atoms with van der Waals surface area (Å²) in [7, 11) is 1.80. The van der Waals surface area contributed by atoms with Crippen molar-refractivity contribution in [3.05, 3.63) is 71.3 Å². The minimum absolute atomic E-state index is 0.0486. The van der Waals surface area contributed by atoms with Gasteiger partial charge in [-0.25, -0.2) is 4.79 Å². The van der Waals surface area contributed by atoms with Crippen LogP contribution in [0.25, 0.3) is 0 Å². The van der Waals surface area contributed by atoms with Crippen molar-refractivity contribution >= 4 is 17.8 Å². The minimum Gasteiger partial charge on any atom is -0.318 e. The molecule has 28 heavy (non-hydrogen) atoms. The maximum absolute atomic E-state index is 12.8. The van der Waals surface area contributed by atoms with E-state index in [4.69, 9.17) is 0 Å². The summed E-state index contributed by atoms with van der Waals surface area (Å²) in [4.78, 5) is 39.3. The molecule has 0 unspecified atom stereocenters. The molecule has 0 radical (unpaired) electrons. The summed E-state index contributed by atoms with van der Waals surface area (Å²) in [6.07, 6.45) is 0. The summed E-state index contributed by atoms with van der Waals surface area (Å²) in [5.41, 5.74) is 4.11.